The monoisotopic (exact) mass is 327 g/mol. The summed E-state index contributed by atoms with van der Waals surface area (Å²) in [5.41, 5.74) is 13.9. The number of pyridine rings is 1. The normalized spacial score (nSPS) is 13.6. The molecule has 3 heteroatoms. The number of nitrogens with one attached hydrogen (secondary N) is 1. The molecule has 0 radical (unpaired) electrons. The van der Waals surface area contributed by atoms with Gasteiger partial charge in [-0.2, -0.15) is 0 Å². The van der Waals surface area contributed by atoms with Crippen LogP contribution in [0.4, 0.5) is 5.69 Å². The number of aryl methyl sites for hydroxylation is 1. The fourth-order valence-corrected chi connectivity index (χ4v) is 3.21. The van der Waals surface area contributed by atoms with Crippen LogP contribution in [0.5, 0.6) is 0 Å². The number of nitrogen functional groups attached to an aromatic ring is 1. The van der Waals surface area contributed by atoms with Crippen LogP contribution < -0.4 is 5.73 Å². The minimum absolute atomic E-state index is 0.620. The largest absolute Gasteiger partial charge is 0.398 e. The first-order valence-corrected chi connectivity index (χ1v) is 8.64. The third-order valence-corrected chi connectivity index (χ3v) is 4.82. The lowest BCUT2D eigenvalue weighted by molar-refractivity contribution is 1.13. The van der Waals surface area contributed by atoms with Crippen LogP contribution in [0.2, 0.25) is 0 Å². The van der Waals surface area contributed by atoms with Crippen molar-refractivity contribution in [2.75, 3.05) is 5.73 Å². The lowest BCUT2D eigenvalue weighted by Crippen LogP contribution is -1.96. The van der Waals surface area contributed by atoms with Crippen molar-refractivity contribution in [2.45, 2.75) is 25.7 Å². The van der Waals surface area contributed by atoms with Crippen LogP contribution >= 0.6 is 0 Å². The van der Waals surface area contributed by atoms with Crippen molar-refractivity contribution in [3.8, 4) is 22.4 Å². The molecule has 3 nitrogen and oxygen atoms in total. The van der Waals surface area contributed by atoms with Crippen molar-refractivity contribution in [1.29, 1.82) is 5.41 Å². The molecule has 2 aromatic carbocycles. The molecule has 0 aliphatic heterocycles. The first-order chi connectivity index (χ1) is 12.2. The molecule has 0 atom stereocenters. The second-order valence-electron chi connectivity index (χ2n) is 6.73. The zero-order valence-corrected chi connectivity index (χ0v) is 14.3. The maximum absolute atomic E-state index is 7.54. The molecule has 4 rings (SSSR count). The highest BCUT2D eigenvalue weighted by Gasteiger charge is 2.23. The van der Waals surface area contributed by atoms with Gasteiger partial charge >= 0.3 is 0 Å². The van der Waals surface area contributed by atoms with Gasteiger partial charge in [0.25, 0.3) is 0 Å². The Morgan fingerprint density at radius 3 is 2.40 bits per heavy atom. The SMILES string of the molecule is Cc1ccc(-c2ccc(N)c(C=N)c2)c(-c2ccc(C3CC3)cc2)n1. The average Bonchev–Trinajstić information content (AvgIpc) is 3.48. The number of rotatable bonds is 4. The maximum Gasteiger partial charge on any atom is 0.0783 e. The van der Waals surface area contributed by atoms with E-state index in [0.717, 1.165) is 39.6 Å². The highest BCUT2D eigenvalue weighted by atomic mass is 14.7. The van der Waals surface area contributed by atoms with Gasteiger partial charge in [-0.05, 0) is 55.0 Å². The molecule has 0 amide bonds. The van der Waals surface area contributed by atoms with E-state index in [0.29, 0.717) is 5.69 Å². The van der Waals surface area contributed by atoms with Gasteiger partial charge in [0.1, 0.15) is 0 Å². The van der Waals surface area contributed by atoms with Crippen molar-refractivity contribution in [1.82, 2.24) is 4.98 Å². The van der Waals surface area contributed by atoms with Gasteiger partial charge in [0.2, 0.25) is 0 Å². The smallest absolute Gasteiger partial charge is 0.0783 e. The van der Waals surface area contributed by atoms with Crippen molar-refractivity contribution < 1.29 is 0 Å². The van der Waals surface area contributed by atoms with Crippen LogP contribution in [0.25, 0.3) is 22.4 Å². The van der Waals surface area contributed by atoms with Gasteiger partial charge in [0.05, 0.1) is 5.69 Å². The lowest BCUT2D eigenvalue weighted by atomic mass is 9.96. The van der Waals surface area contributed by atoms with E-state index < -0.39 is 0 Å². The van der Waals surface area contributed by atoms with Crippen molar-refractivity contribution in [2.24, 2.45) is 0 Å². The van der Waals surface area contributed by atoms with E-state index in [-0.39, 0.29) is 0 Å². The first kappa shape index (κ1) is 15.6. The number of nitrogens with two attached hydrogens (primary N) is 1. The summed E-state index contributed by atoms with van der Waals surface area (Å²) in [5, 5.41) is 7.54. The summed E-state index contributed by atoms with van der Waals surface area (Å²) in [6.07, 6.45) is 3.92. The fourth-order valence-electron chi connectivity index (χ4n) is 3.21. The van der Waals surface area contributed by atoms with Crippen LogP contribution in [0.3, 0.4) is 0 Å². The number of anilines is 1. The molecule has 0 unspecified atom stereocenters. The molecule has 0 spiro atoms. The predicted molar refractivity (Wildman–Crippen MR) is 104 cm³/mol. The Labute approximate surface area is 148 Å². The third-order valence-electron chi connectivity index (χ3n) is 4.82. The molecule has 0 bridgehead atoms. The van der Waals surface area contributed by atoms with E-state index >= 15 is 0 Å². The summed E-state index contributed by atoms with van der Waals surface area (Å²) in [4.78, 5) is 4.80. The van der Waals surface area contributed by atoms with E-state index in [1.54, 1.807) is 0 Å². The summed E-state index contributed by atoms with van der Waals surface area (Å²) < 4.78 is 0. The van der Waals surface area contributed by atoms with Gasteiger partial charge in [-0.15, -0.1) is 0 Å². The Bertz CT molecular complexity index is 938. The Kier molecular flexibility index (Phi) is 3.85. The molecule has 1 fully saturated rings. The van der Waals surface area contributed by atoms with Crippen LogP contribution in [0, 0.1) is 12.3 Å². The van der Waals surface area contributed by atoms with Crippen LogP contribution in [0.15, 0.2) is 54.6 Å². The molecule has 1 aromatic heterocycles. The number of hydrogen-bond donors (Lipinski definition) is 2. The Morgan fingerprint density at radius 2 is 1.72 bits per heavy atom. The number of nitrogens with zero attached hydrogens (tertiary/aromatic N) is 1. The Balaban J connectivity index is 1.82. The van der Waals surface area contributed by atoms with E-state index in [1.165, 1.54) is 24.6 Å². The standard InChI is InChI=1S/C22H21N3/c1-14-2-10-20(18-9-11-21(24)19(12-18)13-23)22(25-14)17-7-5-16(6-8-17)15-3-4-15/h2,5-13,15,23H,3-4,24H2,1H3. The summed E-state index contributed by atoms with van der Waals surface area (Å²) in [5.74, 6) is 0.756. The molecule has 1 saturated carbocycles. The highest BCUT2D eigenvalue weighted by molar-refractivity contribution is 5.90. The zero-order valence-electron chi connectivity index (χ0n) is 14.3. The lowest BCUT2D eigenvalue weighted by Gasteiger charge is -2.12. The molecule has 1 heterocycles. The topological polar surface area (TPSA) is 62.8 Å². The summed E-state index contributed by atoms with van der Waals surface area (Å²) >= 11 is 0. The highest BCUT2D eigenvalue weighted by Crippen LogP contribution is 2.41. The Hall–Kier alpha value is -2.94. The number of benzene rings is 2. The average molecular weight is 327 g/mol. The van der Waals surface area contributed by atoms with E-state index in [4.69, 9.17) is 16.1 Å². The molecule has 25 heavy (non-hydrogen) atoms. The second-order valence-corrected chi connectivity index (χ2v) is 6.73. The second kappa shape index (κ2) is 6.17. The summed E-state index contributed by atoms with van der Waals surface area (Å²) in [6.45, 7) is 2.01. The minimum atomic E-state index is 0.620. The van der Waals surface area contributed by atoms with Gasteiger partial charge in [-0.25, -0.2) is 0 Å². The third kappa shape index (κ3) is 3.05. The molecular formula is C22H21N3. The maximum atomic E-state index is 7.54. The number of hydrogen-bond acceptors (Lipinski definition) is 3. The van der Waals surface area contributed by atoms with Crippen LogP contribution in [0.1, 0.15) is 35.6 Å². The fraction of sp³-hybridized carbons (Fsp3) is 0.182. The van der Waals surface area contributed by atoms with Gasteiger partial charge in [0.15, 0.2) is 0 Å². The van der Waals surface area contributed by atoms with Gasteiger partial charge in [0, 0.05) is 34.3 Å². The minimum Gasteiger partial charge on any atom is -0.398 e. The van der Waals surface area contributed by atoms with Crippen LogP contribution in [-0.2, 0) is 0 Å². The first-order valence-electron chi connectivity index (χ1n) is 8.64. The van der Waals surface area contributed by atoms with Crippen molar-refractivity contribution in [3.05, 3.63) is 71.4 Å². The molecular weight excluding hydrogens is 306 g/mol. The molecule has 124 valence electrons. The van der Waals surface area contributed by atoms with Crippen LogP contribution in [-0.4, -0.2) is 11.2 Å². The Morgan fingerprint density at radius 1 is 1.00 bits per heavy atom. The summed E-state index contributed by atoms with van der Waals surface area (Å²) in [6, 6.07) is 18.7. The van der Waals surface area contributed by atoms with Crippen molar-refractivity contribution >= 4 is 11.9 Å². The molecule has 3 N–H and O–H groups in total. The number of aromatic nitrogens is 1. The van der Waals surface area contributed by atoms with E-state index in [9.17, 15) is 0 Å². The molecule has 3 aromatic rings. The van der Waals surface area contributed by atoms with Crippen molar-refractivity contribution in [3.63, 3.8) is 0 Å². The molecule has 0 saturated heterocycles. The summed E-state index contributed by atoms with van der Waals surface area (Å²) in [7, 11) is 0. The van der Waals surface area contributed by atoms with Gasteiger partial charge in [-0.3, -0.25) is 4.98 Å². The van der Waals surface area contributed by atoms with E-state index in [2.05, 4.69) is 30.3 Å². The predicted octanol–water partition coefficient (Wildman–Crippen LogP) is 5.18. The zero-order chi connectivity index (χ0) is 17.4. The molecule has 1 aliphatic rings. The van der Waals surface area contributed by atoms with Gasteiger partial charge in [-0.1, -0.05) is 36.4 Å². The molecule has 1 aliphatic carbocycles. The van der Waals surface area contributed by atoms with Gasteiger partial charge < -0.3 is 11.1 Å². The van der Waals surface area contributed by atoms with E-state index in [1.807, 2.05) is 31.2 Å². The quantitative estimate of drug-likeness (QED) is 0.512.